The zero-order valence-electron chi connectivity index (χ0n) is 35.7. The first-order chi connectivity index (χ1) is 26.0. The van der Waals surface area contributed by atoms with Crippen LogP contribution in [0.15, 0.2) is 24.3 Å². The van der Waals surface area contributed by atoms with Crippen LogP contribution < -0.4 is 4.89 Å². The van der Waals surface area contributed by atoms with Gasteiger partial charge in [-0.1, -0.05) is 154 Å². The van der Waals surface area contributed by atoms with Gasteiger partial charge in [-0.2, -0.15) is 0 Å². The normalized spacial score (nSPS) is 13.8. The lowest BCUT2D eigenvalue weighted by molar-refractivity contribution is -0.870. The molecular formula is C44H84NO8P. The molecule has 1 unspecified atom stereocenters. The van der Waals surface area contributed by atoms with Crippen LogP contribution in [-0.4, -0.2) is 70.0 Å². The van der Waals surface area contributed by atoms with Crippen LogP contribution in [0.1, 0.15) is 194 Å². The number of nitrogens with zero attached hydrogens (tertiary/aromatic N) is 1. The number of unbranched alkanes of at least 4 members (excludes halogenated alkanes) is 22. The fourth-order valence-corrected chi connectivity index (χ4v) is 6.69. The molecule has 0 aromatic carbocycles. The summed E-state index contributed by atoms with van der Waals surface area (Å²) in [6.07, 6.45) is 39.3. The van der Waals surface area contributed by atoms with E-state index in [4.69, 9.17) is 18.5 Å². The molecule has 54 heavy (non-hydrogen) atoms. The molecule has 0 saturated heterocycles. The van der Waals surface area contributed by atoms with Crippen molar-refractivity contribution in [2.24, 2.45) is 0 Å². The molecule has 0 heterocycles. The second-order valence-corrected chi connectivity index (χ2v) is 17.5. The maximum absolute atomic E-state index is 12.7. The summed E-state index contributed by atoms with van der Waals surface area (Å²) in [7, 11) is 1.15. The molecule has 0 aliphatic rings. The summed E-state index contributed by atoms with van der Waals surface area (Å²) in [5, 5.41) is 0. The lowest BCUT2D eigenvalue weighted by Gasteiger charge is -2.28. The van der Waals surface area contributed by atoms with E-state index >= 15 is 0 Å². The highest BCUT2D eigenvalue weighted by Crippen LogP contribution is 2.38. The highest BCUT2D eigenvalue weighted by molar-refractivity contribution is 7.45. The number of phosphoric acid groups is 1. The third-order valence-electron chi connectivity index (χ3n) is 9.46. The Bertz CT molecular complexity index is 980. The lowest BCUT2D eigenvalue weighted by Crippen LogP contribution is -2.37. The van der Waals surface area contributed by atoms with Crippen molar-refractivity contribution in [2.75, 3.05) is 47.5 Å². The van der Waals surface area contributed by atoms with Crippen molar-refractivity contribution in [3.8, 4) is 0 Å². The number of likely N-dealkylation sites (N-methyl/N-ethyl adjacent to an activating group) is 1. The summed E-state index contributed by atoms with van der Waals surface area (Å²) in [6, 6.07) is 0. The van der Waals surface area contributed by atoms with Crippen molar-refractivity contribution in [2.45, 2.75) is 200 Å². The molecule has 0 saturated carbocycles. The van der Waals surface area contributed by atoms with Crippen molar-refractivity contribution in [3.05, 3.63) is 24.3 Å². The largest absolute Gasteiger partial charge is 0.756 e. The second kappa shape index (κ2) is 37.1. The van der Waals surface area contributed by atoms with Gasteiger partial charge in [-0.25, -0.2) is 0 Å². The number of rotatable bonds is 40. The van der Waals surface area contributed by atoms with Crippen molar-refractivity contribution in [1.29, 1.82) is 0 Å². The zero-order valence-corrected chi connectivity index (χ0v) is 36.6. The molecule has 0 aromatic rings. The van der Waals surface area contributed by atoms with E-state index in [0.717, 1.165) is 38.5 Å². The van der Waals surface area contributed by atoms with Crippen molar-refractivity contribution >= 4 is 19.8 Å². The van der Waals surface area contributed by atoms with E-state index in [1.807, 2.05) is 27.2 Å². The Kier molecular flexibility index (Phi) is 36.1. The summed E-state index contributed by atoms with van der Waals surface area (Å²) < 4.78 is 33.8. The SMILES string of the molecule is CCCCCC/C=C/CCCCCCCCCC(=O)O[C@H](COC(=O)CC/C=C/CCCCCCCCCCCCC)COP(=O)([O-])OCC[N+](C)(C)C. The van der Waals surface area contributed by atoms with Crippen LogP contribution in [-0.2, 0) is 32.7 Å². The quantitative estimate of drug-likeness (QED) is 0.0198. The fourth-order valence-electron chi connectivity index (χ4n) is 5.96. The average molecular weight is 786 g/mol. The highest BCUT2D eigenvalue weighted by atomic mass is 31.2. The van der Waals surface area contributed by atoms with Crippen LogP contribution in [0.2, 0.25) is 0 Å². The number of esters is 2. The van der Waals surface area contributed by atoms with Gasteiger partial charge in [0.25, 0.3) is 7.82 Å². The summed E-state index contributed by atoms with van der Waals surface area (Å²) in [4.78, 5) is 37.5. The number of hydrogen-bond donors (Lipinski definition) is 0. The van der Waals surface area contributed by atoms with E-state index in [1.54, 1.807) is 0 Å². The average Bonchev–Trinajstić information content (AvgIpc) is 3.12. The molecule has 0 spiro atoms. The molecule has 2 atom stereocenters. The predicted octanol–water partition coefficient (Wildman–Crippen LogP) is 11.7. The topological polar surface area (TPSA) is 111 Å². The zero-order chi connectivity index (χ0) is 40.0. The smallest absolute Gasteiger partial charge is 0.306 e. The standard InChI is InChI=1S/C44H84NO8P/c1-6-8-10-12-14-16-18-20-22-24-26-28-30-32-34-36-43(46)50-40-42(41-52-54(48,49)51-39-38-45(3,4)5)53-44(47)37-35-33-31-29-27-25-23-21-19-17-15-13-11-9-7-2/h17,19,30,32,42H,6-16,18,20-29,31,33-41H2,1-5H3/b19-17+,32-30+/t42-/m1/s1. The molecule has 0 aliphatic heterocycles. The van der Waals surface area contributed by atoms with Gasteiger partial charge in [0, 0.05) is 12.8 Å². The van der Waals surface area contributed by atoms with Crippen LogP contribution in [0.25, 0.3) is 0 Å². The summed E-state index contributed by atoms with van der Waals surface area (Å²) in [5.41, 5.74) is 0. The minimum Gasteiger partial charge on any atom is -0.756 e. The fraction of sp³-hybridized carbons (Fsp3) is 0.864. The van der Waals surface area contributed by atoms with Crippen LogP contribution in [0, 0.1) is 0 Å². The van der Waals surface area contributed by atoms with E-state index < -0.39 is 32.5 Å². The van der Waals surface area contributed by atoms with Gasteiger partial charge >= 0.3 is 11.9 Å². The van der Waals surface area contributed by atoms with Gasteiger partial charge < -0.3 is 27.9 Å². The Balaban J connectivity index is 4.39. The summed E-state index contributed by atoms with van der Waals surface area (Å²) in [6.45, 7) is 4.18. The second-order valence-electron chi connectivity index (χ2n) is 16.1. The maximum Gasteiger partial charge on any atom is 0.306 e. The van der Waals surface area contributed by atoms with Gasteiger partial charge in [-0.3, -0.25) is 14.2 Å². The minimum atomic E-state index is -4.63. The van der Waals surface area contributed by atoms with Crippen molar-refractivity contribution in [1.82, 2.24) is 0 Å². The van der Waals surface area contributed by atoms with Gasteiger partial charge in [0.05, 0.1) is 27.7 Å². The van der Waals surface area contributed by atoms with Crippen molar-refractivity contribution in [3.63, 3.8) is 0 Å². The van der Waals surface area contributed by atoms with Gasteiger partial charge in [0.1, 0.15) is 19.8 Å². The van der Waals surface area contributed by atoms with Crippen LogP contribution in [0.5, 0.6) is 0 Å². The third kappa shape index (κ3) is 40.2. The Hall–Kier alpha value is -1.51. The first-order valence-corrected chi connectivity index (χ1v) is 23.5. The molecule has 10 heteroatoms. The van der Waals surface area contributed by atoms with E-state index in [2.05, 4.69) is 32.1 Å². The molecule has 0 aliphatic carbocycles. The molecule has 0 aromatic heterocycles. The van der Waals surface area contributed by atoms with E-state index in [1.165, 1.54) is 116 Å². The first kappa shape index (κ1) is 52.5. The Labute approximate surface area is 332 Å². The molecule has 0 bridgehead atoms. The number of phosphoric ester groups is 1. The lowest BCUT2D eigenvalue weighted by atomic mass is 10.1. The predicted molar refractivity (Wildman–Crippen MR) is 222 cm³/mol. The van der Waals surface area contributed by atoms with Gasteiger partial charge in [0.15, 0.2) is 6.10 Å². The summed E-state index contributed by atoms with van der Waals surface area (Å²) >= 11 is 0. The van der Waals surface area contributed by atoms with E-state index in [-0.39, 0.29) is 26.1 Å². The molecule has 0 fully saturated rings. The van der Waals surface area contributed by atoms with E-state index in [0.29, 0.717) is 23.9 Å². The number of ether oxygens (including phenoxy) is 2. The van der Waals surface area contributed by atoms with Gasteiger partial charge in [0.2, 0.25) is 0 Å². The number of quaternary nitrogens is 1. The van der Waals surface area contributed by atoms with Gasteiger partial charge in [-0.05, 0) is 51.4 Å². The Morgan fingerprint density at radius 3 is 1.46 bits per heavy atom. The molecule has 0 rings (SSSR count). The molecule has 0 amide bonds. The number of carbonyl (C=O) groups excluding carboxylic acids is 2. The molecular weight excluding hydrogens is 701 g/mol. The minimum absolute atomic E-state index is 0.0350. The maximum atomic E-state index is 12.7. The molecule has 0 N–H and O–H groups in total. The van der Waals surface area contributed by atoms with Crippen LogP contribution >= 0.6 is 7.82 Å². The molecule has 318 valence electrons. The molecule has 0 radical (unpaired) electrons. The molecule has 9 nitrogen and oxygen atoms in total. The Morgan fingerprint density at radius 2 is 0.981 bits per heavy atom. The Morgan fingerprint density at radius 1 is 0.556 bits per heavy atom. The highest BCUT2D eigenvalue weighted by Gasteiger charge is 2.21. The van der Waals surface area contributed by atoms with Crippen LogP contribution in [0.4, 0.5) is 0 Å². The first-order valence-electron chi connectivity index (χ1n) is 22.0. The number of carbonyl (C=O) groups is 2. The number of hydrogen-bond acceptors (Lipinski definition) is 8. The summed E-state index contributed by atoms with van der Waals surface area (Å²) in [5.74, 6) is -0.892. The third-order valence-corrected chi connectivity index (χ3v) is 10.4. The monoisotopic (exact) mass is 786 g/mol. The van der Waals surface area contributed by atoms with Crippen LogP contribution in [0.3, 0.4) is 0 Å². The van der Waals surface area contributed by atoms with Crippen molar-refractivity contribution < 1.29 is 42.1 Å². The van der Waals surface area contributed by atoms with Gasteiger partial charge in [-0.15, -0.1) is 0 Å². The van der Waals surface area contributed by atoms with E-state index in [9.17, 15) is 19.0 Å². The number of allylic oxidation sites excluding steroid dienone is 4.